The fraction of sp³-hybridized carbons (Fsp3) is 0.286. The molecule has 4 aromatic heterocycles. The van der Waals surface area contributed by atoms with Gasteiger partial charge >= 0.3 is 6.18 Å². The summed E-state index contributed by atoms with van der Waals surface area (Å²) in [5.74, 6) is 0.995. The number of alkyl halides is 3. The minimum atomic E-state index is -4.55. The Balaban J connectivity index is 1.53. The van der Waals surface area contributed by atoms with Gasteiger partial charge in [0.1, 0.15) is 28.8 Å². The summed E-state index contributed by atoms with van der Waals surface area (Å²) in [6.45, 7) is -0.00486. The van der Waals surface area contributed by atoms with Crippen molar-refractivity contribution >= 4 is 11.0 Å². The molecule has 0 aromatic carbocycles. The van der Waals surface area contributed by atoms with Crippen molar-refractivity contribution in [2.45, 2.75) is 37.4 Å². The summed E-state index contributed by atoms with van der Waals surface area (Å²) in [5, 5.41) is 13.6. The monoisotopic (exact) mass is 452 g/mol. The van der Waals surface area contributed by atoms with Crippen molar-refractivity contribution < 1.29 is 13.2 Å². The third-order valence-corrected chi connectivity index (χ3v) is 5.72. The first-order chi connectivity index (χ1) is 15.8. The minimum absolute atomic E-state index is 0.00211. The van der Waals surface area contributed by atoms with Crippen LogP contribution in [0.15, 0.2) is 41.6 Å². The summed E-state index contributed by atoms with van der Waals surface area (Å²) < 4.78 is 39.7. The molecule has 1 N–H and O–H groups in total. The van der Waals surface area contributed by atoms with Crippen LogP contribution in [0, 0.1) is 11.3 Å². The molecule has 0 spiro atoms. The fourth-order valence-corrected chi connectivity index (χ4v) is 3.96. The van der Waals surface area contributed by atoms with Crippen molar-refractivity contribution in [3.8, 4) is 6.07 Å². The van der Waals surface area contributed by atoms with Gasteiger partial charge in [-0.2, -0.15) is 23.5 Å². The van der Waals surface area contributed by atoms with Crippen molar-refractivity contribution in [3.63, 3.8) is 0 Å². The third kappa shape index (κ3) is 3.71. The second-order valence-electron chi connectivity index (χ2n) is 7.71. The van der Waals surface area contributed by atoms with Crippen LogP contribution in [-0.2, 0) is 12.7 Å². The minimum Gasteiger partial charge on any atom is -0.310 e. The van der Waals surface area contributed by atoms with E-state index in [-0.39, 0.29) is 35.1 Å². The largest absolute Gasteiger partial charge is 0.433 e. The molecule has 166 valence electrons. The van der Waals surface area contributed by atoms with E-state index in [0.717, 1.165) is 25.1 Å². The van der Waals surface area contributed by atoms with Gasteiger partial charge in [0.2, 0.25) is 0 Å². The van der Waals surface area contributed by atoms with Crippen LogP contribution in [0.25, 0.3) is 11.0 Å². The molecule has 1 aliphatic rings. The molecule has 0 saturated heterocycles. The maximum Gasteiger partial charge on any atom is 0.433 e. The molecule has 0 radical (unpaired) electrons. The van der Waals surface area contributed by atoms with E-state index < -0.39 is 17.4 Å². The molecular weight excluding hydrogens is 437 g/mol. The van der Waals surface area contributed by atoms with Gasteiger partial charge in [0, 0.05) is 30.4 Å². The molecule has 4 aromatic rings. The zero-order valence-electron chi connectivity index (χ0n) is 16.9. The van der Waals surface area contributed by atoms with Gasteiger partial charge in [-0.05, 0) is 30.5 Å². The molecule has 1 fully saturated rings. The molecular formula is C21H15F3N8O. The Bertz CT molecular complexity index is 1420. The van der Waals surface area contributed by atoms with Gasteiger partial charge in [-0.25, -0.2) is 19.6 Å². The quantitative estimate of drug-likeness (QED) is 0.505. The molecule has 0 unspecified atom stereocenters. The second-order valence-corrected chi connectivity index (χ2v) is 7.71. The molecule has 12 heteroatoms. The van der Waals surface area contributed by atoms with Crippen molar-refractivity contribution in [2.24, 2.45) is 0 Å². The first-order valence-electron chi connectivity index (χ1n) is 10.0. The van der Waals surface area contributed by atoms with Gasteiger partial charge in [-0.1, -0.05) is 6.07 Å². The van der Waals surface area contributed by atoms with Crippen LogP contribution in [0.3, 0.4) is 0 Å². The summed E-state index contributed by atoms with van der Waals surface area (Å²) in [7, 11) is 0. The van der Waals surface area contributed by atoms with Crippen LogP contribution in [0.2, 0.25) is 0 Å². The highest BCUT2D eigenvalue weighted by Gasteiger charge is 2.37. The molecule has 9 nitrogen and oxygen atoms in total. The third-order valence-electron chi connectivity index (χ3n) is 5.72. The molecule has 4 heterocycles. The molecule has 0 bridgehead atoms. The number of rotatable bonds is 4. The van der Waals surface area contributed by atoms with Crippen LogP contribution in [0.1, 0.15) is 53.3 Å². The van der Waals surface area contributed by atoms with Crippen LogP contribution < -0.4 is 5.56 Å². The molecule has 5 rings (SSSR count). The Kier molecular flexibility index (Phi) is 4.88. The first-order valence-corrected chi connectivity index (χ1v) is 10.0. The highest BCUT2D eigenvalue weighted by Crippen LogP contribution is 2.46. The average molecular weight is 452 g/mol. The highest BCUT2D eigenvalue weighted by atomic mass is 19.4. The number of nitrogens with zero attached hydrogens (tertiary/aromatic N) is 7. The van der Waals surface area contributed by atoms with E-state index in [1.807, 2.05) is 6.07 Å². The van der Waals surface area contributed by atoms with Gasteiger partial charge in [0.25, 0.3) is 5.56 Å². The normalized spacial score (nSPS) is 18.1. The molecule has 0 aliphatic heterocycles. The van der Waals surface area contributed by atoms with E-state index >= 15 is 0 Å². The number of hydrogen-bond donors (Lipinski definition) is 1. The summed E-state index contributed by atoms with van der Waals surface area (Å²) in [6, 6.07) is 5.75. The molecule has 0 amide bonds. The lowest BCUT2D eigenvalue weighted by Gasteiger charge is -2.34. The predicted molar refractivity (Wildman–Crippen MR) is 108 cm³/mol. The topological polar surface area (TPSA) is 126 Å². The van der Waals surface area contributed by atoms with E-state index in [0.29, 0.717) is 17.2 Å². The number of nitriles is 1. The van der Waals surface area contributed by atoms with E-state index in [2.05, 4.69) is 30.0 Å². The van der Waals surface area contributed by atoms with Gasteiger partial charge in [0.05, 0.1) is 6.54 Å². The summed E-state index contributed by atoms with van der Waals surface area (Å²) in [4.78, 5) is 32.2. The van der Waals surface area contributed by atoms with Crippen molar-refractivity contribution in [1.82, 2.24) is 34.7 Å². The lowest BCUT2D eigenvalue weighted by atomic mass is 9.72. The lowest BCUT2D eigenvalue weighted by molar-refractivity contribution is -0.141. The SMILES string of the molecule is N#Cc1nn(Cc2ccc(C(F)(F)F)nc2)c2nc([C@@H]3CC[C@H]3c3ncccn3)[nH]c(=O)c12. The molecule has 33 heavy (non-hydrogen) atoms. The van der Waals surface area contributed by atoms with E-state index in [1.54, 1.807) is 18.5 Å². The maximum absolute atomic E-state index is 12.8. The number of nitrogens with one attached hydrogen (secondary N) is 1. The van der Waals surface area contributed by atoms with Crippen LogP contribution in [-0.4, -0.2) is 34.7 Å². The van der Waals surface area contributed by atoms with Crippen molar-refractivity contribution in [1.29, 1.82) is 5.26 Å². The first kappa shape index (κ1) is 20.7. The number of aromatic amines is 1. The van der Waals surface area contributed by atoms with E-state index in [1.165, 1.54) is 10.7 Å². The number of hydrogen-bond acceptors (Lipinski definition) is 7. The number of pyridine rings is 1. The predicted octanol–water partition coefficient (Wildman–Crippen LogP) is 2.90. The van der Waals surface area contributed by atoms with Crippen LogP contribution in [0.4, 0.5) is 13.2 Å². The maximum atomic E-state index is 12.8. The van der Waals surface area contributed by atoms with Crippen molar-refractivity contribution in [2.75, 3.05) is 0 Å². The van der Waals surface area contributed by atoms with Gasteiger partial charge in [0.15, 0.2) is 11.3 Å². The molecule has 2 atom stereocenters. The van der Waals surface area contributed by atoms with Gasteiger partial charge < -0.3 is 4.98 Å². The standard InChI is InChI=1S/C21H15F3N8O/c22-21(23,24)15-5-2-11(9-28-15)10-32-19-16(14(8-25)31-32)20(33)30-18(29-19)13-4-3-12(13)17-26-6-1-7-27-17/h1-2,5-7,9,12-13H,3-4,10H2,(H,29,30,33)/t12-,13-/m1/s1. The Hall–Kier alpha value is -4.14. The Morgan fingerprint density at radius 2 is 1.91 bits per heavy atom. The molecule has 1 aliphatic carbocycles. The lowest BCUT2D eigenvalue weighted by Crippen LogP contribution is -2.28. The van der Waals surface area contributed by atoms with Crippen LogP contribution in [0.5, 0.6) is 0 Å². The zero-order valence-corrected chi connectivity index (χ0v) is 16.9. The van der Waals surface area contributed by atoms with Gasteiger partial charge in [-0.15, -0.1) is 0 Å². The average Bonchev–Trinajstić information content (AvgIpc) is 3.11. The smallest absolute Gasteiger partial charge is 0.310 e. The number of halogens is 3. The Morgan fingerprint density at radius 3 is 2.52 bits per heavy atom. The van der Waals surface area contributed by atoms with Crippen molar-refractivity contribution in [3.05, 3.63) is 75.7 Å². The summed E-state index contributed by atoms with van der Waals surface area (Å²) in [5.41, 5.74) is -1.01. The summed E-state index contributed by atoms with van der Waals surface area (Å²) >= 11 is 0. The molecule has 1 saturated carbocycles. The second kappa shape index (κ2) is 7.77. The Labute approximate surface area is 184 Å². The number of aromatic nitrogens is 7. The highest BCUT2D eigenvalue weighted by molar-refractivity contribution is 5.80. The van der Waals surface area contributed by atoms with E-state index in [4.69, 9.17) is 0 Å². The number of fused-ring (bicyclic) bond motifs is 1. The van der Waals surface area contributed by atoms with Gasteiger partial charge in [-0.3, -0.25) is 9.78 Å². The number of H-pyrrole nitrogens is 1. The van der Waals surface area contributed by atoms with E-state index in [9.17, 15) is 23.2 Å². The fourth-order valence-electron chi connectivity index (χ4n) is 3.96. The summed E-state index contributed by atoms with van der Waals surface area (Å²) in [6.07, 6.45) is 1.48. The zero-order chi connectivity index (χ0) is 23.2. The van der Waals surface area contributed by atoms with Crippen LogP contribution >= 0.6 is 0 Å². The Morgan fingerprint density at radius 1 is 1.15 bits per heavy atom.